The van der Waals surface area contributed by atoms with Crippen molar-refractivity contribution >= 4 is 9.84 Å². The summed E-state index contributed by atoms with van der Waals surface area (Å²) in [6.45, 7) is 1.25. The van der Waals surface area contributed by atoms with Gasteiger partial charge in [-0.2, -0.15) is 0 Å². The fraction of sp³-hybridized carbons (Fsp3) is 0.667. The van der Waals surface area contributed by atoms with Crippen LogP contribution < -0.4 is 5.32 Å². The van der Waals surface area contributed by atoms with Gasteiger partial charge in [-0.15, -0.1) is 0 Å². The largest absolute Gasteiger partial charge is 0.338 e. The van der Waals surface area contributed by atoms with E-state index in [1.54, 1.807) is 6.20 Å². The summed E-state index contributed by atoms with van der Waals surface area (Å²) in [6.07, 6.45) is 5.71. The van der Waals surface area contributed by atoms with Crippen LogP contribution in [0.2, 0.25) is 0 Å². The van der Waals surface area contributed by atoms with Gasteiger partial charge in [0.15, 0.2) is 0 Å². The Morgan fingerprint density at radius 3 is 2.73 bits per heavy atom. The van der Waals surface area contributed by atoms with Crippen molar-refractivity contribution in [1.29, 1.82) is 0 Å². The monoisotopic (exact) mass is 231 g/mol. The van der Waals surface area contributed by atoms with Crippen LogP contribution in [0.5, 0.6) is 0 Å². The van der Waals surface area contributed by atoms with Gasteiger partial charge in [0.1, 0.15) is 15.7 Å². The van der Waals surface area contributed by atoms with Crippen molar-refractivity contribution in [3.05, 3.63) is 18.2 Å². The summed E-state index contributed by atoms with van der Waals surface area (Å²) in [5.41, 5.74) is 0. The first-order valence-electron chi connectivity index (χ1n) is 4.84. The van der Waals surface area contributed by atoms with Crippen LogP contribution in [-0.2, 0) is 23.3 Å². The van der Waals surface area contributed by atoms with Crippen molar-refractivity contribution < 1.29 is 8.42 Å². The first-order valence-corrected chi connectivity index (χ1v) is 6.90. The highest BCUT2D eigenvalue weighted by Gasteiger charge is 2.01. The van der Waals surface area contributed by atoms with Crippen LogP contribution in [0, 0.1) is 0 Å². The normalized spacial score (nSPS) is 11.9. The van der Waals surface area contributed by atoms with Crippen LogP contribution in [0.15, 0.2) is 12.4 Å². The van der Waals surface area contributed by atoms with E-state index in [0.717, 1.165) is 18.8 Å². The molecule has 0 atom stereocenters. The number of aromatic nitrogens is 2. The molecule has 0 unspecified atom stereocenters. The van der Waals surface area contributed by atoms with E-state index in [-0.39, 0.29) is 5.75 Å². The SMILES string of the molecule is Cn1ccnc1CCNCCS(C)(=O)=O. The smallest absolute Gasteiger partial charge is 0.148 e. The van der Waals surface area contributed by atoms with Crippen molar-refractivity contribution in [3.8, 4) is 0 Å². The van der Waals surface area contributed by atoms with E-state index in [2.05, 4.69) is 10.3 Å². The molecular weight excluding hydrogens is 214 g/mol. The molecule has 1 heterocycles. The van der Waals surface area contributed by atoms with E-state index >= 15 is 0 Å². The van der Waals surface area contributed by atoms with E-state index < -0.39 is 9.84 Å². The lowest BCUT2D eigenvalue weighted by atomic mass is 10.4. The molecular formula is C9H17N3O2S. The zero-order valence-electron chi connectivity index (χ0n) is 9.10. The van der Waals surface area contributed by atoms with E-state index in [1.807, 2.05) is 17.8 Å². The zero-order chi connectivity index (χ0) is 11.3. The Balaban J connectivity index is 2.15. The molecule has 0 aromatic carbocycles. The van der Waals surface area contributed by atoms with Gasteiger partial charge in [0.2, 0.25) is 0 Å². The van der Waals surface area contributed by atoms with E-state index in [9.17, 15) is 8.42 Å². The minimum Gasteiger partial charge on any atom is -0.338 e. The maximum atomic E-state index is 10.8. The third kappa shape index (κ3) is 4.94. The minimum absolute atomic E-state index is 0.188. The van der Waals surface area contributed by atoms with Crippen molar-refractivity contribution in [1.82, 2.24) is 14.9 Å². The molecule has 0 aliphatic heterocycles. The highest BCUT2D eigenvalue weighted by molar-refractivity contribution is 7.90. The van der Waals surface area contributed by atoms with E-state index in [0.29, 0.717) is 6.54 Å². The van der Waals surface area contributed by atoms with Gasteiger partial charge >= 0.3 is 0 Å². The fourth-order valence-electron chi connectivity index (χ4n) is 1.22. The fourth-order valence-corrected chi connectivity index (χ4v) is 1.74. The predicted molar refractivity (Wildman–Crippen MR) is 59.5 cm³/mol. The molecule has 0 radical (unpaired) electrons. The number of nitrogens with zero attached hydrogens (tertiary/aromatic N) is 2. The first-order chi connectivity index (χ1) is 6.99. The maximum Gasteiger partial charge on any atom is 0.148 e. The van der Waals surface area contributed by atoms with Gasteiger partial charge in [-0.1, -0.05) is 0 Å². The molecule has 5 nitrogen and oxygen atoms in total. The number of nitrogens with one attached hydrogen (secondary N) is 1. The van der Waals surface area contributed by atoms with Gasteiger partial charge in [-0.05, 0) is 0 Å². The summed E-state index contributed by atoms with van der Waals surface area (Å²) in [5, 5.41) is 3.07. The summed E-state index contributed by atoms with van der Waals surface area (Å²) in [4.78, 5) is 4.17. The number of aryl methyl sites for hydroxylation is 1. The molecule has 0 saturated heterocycles. The van der Waals surface area contributed by atoms with Crippen LogP contribution in [0.1, 0.15) is 5.82 Å². The standard InChI is InChI=1S/C9H17N3O2S/c1-12-7-5-11-9(12)3-4-10-6-8-15(2,13)14/h5,7,10H,3-4,6,8H2,1-2H3. The average molecular weight is 231 g/mol. The average Bonchev–Trinajstić information content (AvgIpc) is 2.49. The molecule has 0 bridgehead atoms. The molecule has 86 valence electrons. The lowest BCUT2D eigenvalue weighted by Crippen LogP contribution is -2.25. The van der Waals surface area contributed by atoms with Crippen LogP contribution in [0.3, 0.4) is 0 Å². The predicted octanol–water partition coefficient (Wildman–Crippen LogP) is -0.403. The summed E-state index contributed by atoms with van der Waals surface area (Å²) in [5.74, 6) is 1.19. The molecule has 1 rings (SSSR count). The number of sulfone groups is 1. The molecule has 15 heavy (non-hydrogen) atoms. The Kier molecular flexibility index (Phi) is 4.28. The van der Waals surface area contributed by atoms with Gasteiger partial charge < -0.3 is 9.88 Å². The Morgan fingerprint density at radius 1 is 1.47 bits per heavy atom. The molecule has 0 saturated carbocycles. The lowest BCUT2D eigenvalue weighted by molar-refractivity contribution is 0.595. The molecule has 0 spiro atoms. The summed E-state index contributed by atoms with van der Waals surface area (Å²) >= 11 is 0. The third-order valence-corrected chi connectivity index (χ3v) is 3.04. The first kappa shape index (κ1) is 12.2. The molecule has 0 fully saturated rings. The second-order valence-electron chi connectivity index (χ2n) is 3.58. The van der Waals surface area contributed by atoms with Gasteiger partial charge in [-0.3, -0.25) is 0 Å². The third-order valence-electron chi connectivity index (χ3n) is 2.10. The van der Waals surface area contributed by atoms with E-state index in [4.69, 9.17) is 0 Å². The summed E-state index contributed by atoms with van der Waals surface area (Å²) in [6, 6.07) is 0. The van der Waals surface area contributed by atoms with Crippen molar-refractivity contribution in [2.24, 2.45) is 7.05 Å². The number of hydrogen-bond donors (Lipinski definition) is 1. The maximum absolute atomic E-state index is 10.8. The van der Waals surface area contributed by atoms with Crippen molar-refractivity contribution in [2.75, 3.05) is 25.1 Å². The van der Waals surface area contributed by atoms with Gasteiger partial charge in [0.25, 0.3) is 0 Å². The van der Waals surface area contributed by atoms with Crippen LogP contribution in [-0.4, -0.2) is 43.1 Å². The van der Waals surface area contributed by atoms with Gasteiger partial charge in [0.05, 0.1) is 5.75 Å². The Morgan fingerprint density at radius 2 is 2.20 bits per heavy atom. The second kappa shape index (κ2) is 5.27. The second-order valence-corrected chi connectivity index (χ2v) is 5.84. The highest BCUT2D eigenvalue weighted by atomic mass is 32.2. The van der Waals surface area contributed by atoms with Crippen molar-refractivity contribution in [3.63, 3.8) is 0 Å². The van der Waals surface area contributed by atoms with Crippen molar-refractivity contribution in [2.45, 2.75) is 6.42 Å². The molecule has 1 aromatic heterocycles. The minimum atomic E-state index is -2.85. The Labute approximate surface area is 90.4 Å². The number of rotatable bonds is 6. The quantitative estimate of drug-likeness (QED) is 0.676. The number of imidazole rings is 1. The Hall–Kier alpha value is -0.880. The molecule has 0 aliphatic carbocycles. The molecule has 6 heteroatoms. The Bertz CT molecular complexity index is 397. The molecule has 1 aromatic rings. The summed E-state index contributed by atoms with van der Waals surface area (Å²) < 4.78 is 23.6. The van der Waals surface area contributed by atoms with E-state index in [1.165, 1.54) is 6.26 Å². The lowest BCUT2D eigenvalue weighted by Gasteiger charge is -2.03. The summed E-state index contributed by atoms with van der Waals surface area (Å²) in [7, 11) is -0.907. The zero-order valence-corrected chi connectivity index (χ0v) is 9.92. The highest BCUT2D eigenvalue weighted by Crippen LogP contribution is 1.93. The topological polar surface area (TPSA) is 64.0 Å². The van der Waals surface area contributed by atoms with Gasteiger partial charge in [0, 0.05) is 45.2 Å². The van der Waals surface area contributed by atoms with Crippen LogP contribution in [0.4, 0.5) is 0 Å². The molecule has 0 amide bonds. The van der Waals surface area contributed by atoms with Gasteiger partial charge in [-0.25, -0.2) is 13.4 Å². The molecule has 0 aliphatic rings. The molecule has 1 N–H and O–H groups in total. The van der Waals surface area contributed by atoms with Crippen LogP contribution >= 0.6 is 0 Å². The van der Waals surface area contributed by atoms with Crippen LogP contribution in [0.25, 0.3) is 0 Å². The number of hydrogen-bond acceptors (Lipinski definition) is 4.